The minimum Gasteiger partial charge on any atom is -0.389 e. The molecule has 78 valence electrons. The summed E-state index contributed by atoms with van der Waals surface area (Å²) in [5.41, 5.74) is -0.719. The number of aliphatic hydroxyl groups is 1. The van der Waals surface area contributed by atoms with Crippen LogP contribution in [0.1, 0.15) is 39.5 Å². The molecule has 2 saturated carbocycles. The highest BCUT2D eigenvalue weighted by molar-refractivity contribution is 5.21. The zero-order chi connectivity index (χ0) is 10.4. The van der Waals surface area contributed by atoms with Gasteiger partial charge in [-0.2, -0.15) is 5.26 Å². The van der Waals surface area contributed by atoms with Gasteiger partial charge in [0.15, 0.2) is 0 Å². The summed E-state index contributed by atoms with van der Waals surface area (Å²) in [4.78, 5) is 2.18. The highest BCUT2D eigenvalue weighted by Gasteiger charge is 2.53. The number of hydrogen-bond acceptors (Lipinski definition) is 3. The molecule has 2 aliphatic carbocycles. The van der Waals surface area contributed by atoms with Crippen molar-refractivity contribution in [2.45, 2.75) is 56.7 Å². The molecule has 3 heteroatoms. The van der Waals surface area contributed by atoms with Crippen molar-refractivity contribution in [3.63, 3.8) is 0 Å². The van der Waals surface area contributed by atoms with E-state index in [0.717, 1.165) is 25.7 Å². The van der Waals surface area contributed by atoms with Gasteiger partial charge in [0.05, 0.1) is 11.7 Å². The molecule has 0 aromatic heterocycles. The molecule has 0 aliphatic heterocycles. The van der Waals surface area contributed by atoms with Gasteiger partial charge in [-0.25, -0.2) is 0 Å². The second-order valence-corrected chi connectivity index (χ2v) is 5.09. The molecule has 0 amide bonds. The molecule has 0 aromatic carbocycles. The van der Waals surface area contributed by atoms with Crippen LogP contribution in [0.5, 0.6) is 0 Å². The van der Waals surface area contributed by atoms with Gasteiger partial charge < -0.3 is 5.11 Å². The van der Waals surface area contributed by atoms with Crippen LogP contribution in [-0.4, -0.2) is 33.7 Å². The largest absolute Gasteiger partial charge is 0.389 e. The predicted octanol–water partition coefficient (Wildman–Crippen LogP) is 1.28. The molecule has 1 N–H and O–H groups in total. The van der Waals surface area contributed by atoms with E-state index in [9.17, 15) is 5.11 Å². The topological polar surface area (TPSA) is 47.3 Å². The van der Waals surface area contributed by atoms with Gasteiger partial charge in [0.1, 0.15) is 5.54 Å². The summed E-state index contributed by atoms with van der Waals surface area (Å²) in [6.45, 7) is 4.88. The van der Waals surface area contributed by atoms with Crippen molar-refractivity contribution in [3.05, 3.63) is 0 Å². The summed E-state index contributed by atoms with van der Waals surface area (Å²) in [6.07, 6.45) is 3.74. The SMILES string of the molecule is CC(C)N(CC1(O)CC1)C1(C#N)CC1. The molecule has 2 rings (SSSR count). The molecular formula is C11H18N2O. The molecular weight excluding hydrogens is 176 g/mol. The summed E-state index contributed by atoms with van der Waals surface area (Å²) >= 11 is 0. The van der Waals surface area contributed by atoms with Crippen LogP contribution < -0.4 is 0 Å². The van der Waals surface area contributed by atoms with E-state index in [1.807, 2.05) is 0 Å². The summed E-state index contributed by atoms with van der Waals surface area (Å²) in [6, 6.07) is 2.75. The first kappa shape index (κ1) is 9.95. The minimum atomic E-state index is -0.475. The van der Waals surface area contributed by atoms with Crippen LogP contribution in [0, 0.1) is 11.3 Å². The number of nitrogens with zero attached hydrogens (tertiary/aromatic N) is 2. The van der Waals surface area contributed by atoms with E-state index in [1.165, 1.54) is 0 Å². The number of β-amino-alcohol motifs (C(OH)–C–C–N with tert-alkyl or cyclic N) is 1. The average molecular weight is 194 g/mol. The molecule has 0 bridgehead atoms. The molecule has 0 spiro atoms. The third-order valence-electron chi connectivity index (χ3n) is 3.40. The maximum absolute atomic E-state index is 9.88. The van der Waals surface area contributed by atoms with Gasteiger partial charge in [0, 0.05) is 12.6 Å². The summed E-state index contributed by atoms with van der Waals surface area (Å²) in [5.74, 6) is 0. The smallest absolute Gasteiger partial charge is 0.109 e. The summed E-state index contributed by atoms with van der Waals surface area (Å²) in [7, 11) is 0. The van der Waals surface area contributed by atoms with Crippen molar-refractivity contribution in [3.8, 4) is 6.07 Å². The molecule has 3 nitrogen and oxygen atoms in total. The Morgan fingerprint density at radius 1 is 1.36 bits per heavy atom. The summed E-state index contributed by atoms with van der Waals surface area (Å²) in [5, 5.41) is 19.0. The Bertz CT molecular complexity index is 272. The van der Waals surface area contributed by atoms with Crippen LogP contribution >= 0.6 is 0 Å². The highest BCUT2D eigenvalue weighted by atomic mass is 16.3. The highest BCUT2D eigenvalue weighted by Crippen LogP contribution is 2.46. The Labute approximate surface area is 85.3 Å². The fourth-order valence-electron chi connectivity index (χ4n) is 2.03. The fourth-order valence-corrected chi connectivity index (χ4v) is 2.03. The maximum Gasteiger partial charge on any atom is 0.109 e. The van der Waals surface area contributed by atoms with E-state index in [-0.39, 0.29) is 5.54 Å². The first-order chi connectivity index (χ1) is 6.51. The lowest BCUT2D eigenvalue weighted by Gasteiger charge is -2.32. The van der Waals surface area contributed by atoms with Crippen molar-refractivity contribution in [1.29, 1.82) is 5.26 Å². The molecule has 14 heavy (non-hydrogen) atoms. The van der Waals surface area contributed by atoms with E-state index in [1.54, 1.807) is 0 Å². The normalized spacial score (nSPS) is 26.3. The fraction of sp³-hybridized carbons (Fsp3) is 0.909. The van der Waals surface area contributed by atoms with Crippen molar-refractivity contribution in [2.24, 2.45) is 0 Å². The Hall–Kier alpha value is -0.590. The quantitative estimate of drug-likeness (QED) is 0.733. The second kappa shape index (κ2) is 2.95. The third kappa shape index (κ3) is 1.65. The van der Waals surface area contributed by atoms with Crippen molar-refractivity contribution in [1.82, 2.24) is 4.90 Å². The van der Waals surface area contributed by atoms with Gasteiger partial charge in [0.2, 0.25) is 0 Å². The van der Waals surface area contributed by atoms with Gasteiger partial charge >= 0.3 is 0 Å². The minimum absolute atomic E-state index is 0.244. The molecule has 2 fully saturated rings. The van der Waals surface area contributed by atoms with Crippen molar-refractivity contribution < 1.29 is 5.11 Å². The van der Waals surface area contributed by atoms with Gasteiger partial charge in [0.25, 0.3) is 0 Å². The van der Waals surface area contributed by atoms with Gasteiger partial charge in [-0.15, -0.1) is 0 Å². The summed E-state index contributed by atoms with van der Waals surface area (Å²) < 4.78 is 0. The lowest BCUT2D eigenvalue weighted by atomic mass is 10.1. The number of nitriles is 1. The van der Waals surface area contributed by atoms with E-state index >= 15 is 0 Å². The van der Waals surface area contributed by atoms with Gasteiger partial charge in [-0.1, -0.05) is 0 Å². The predicted molar refractivity (Wildman–Crippen MR) is 53.6 cm³/mol. The van der Waals surface area contributed by atoms with Gasteiger partial charge in [-0.3, -0.25) is 4.90 Å². The van der Waals surface area contributed by atoms with Crippen LogP contribution in [0.2, 0.25) is 0 Å². The van der Waals surface area contributed by atoms with E-state index < -0.39 is 5.60 Å². The van der Waals surface area contributed by atoms with Crippen molar-refractivity contribution >= 4 is 0 Å². The van der Waals surface area contributed by atoms with Crippen LogP contribution in [0.3, 0.4) is 0 Å². The maximum atomic E-state index is 9.88. The Morgan fingerprint density at radius 2 is 1.93 bits per heavy atom. The van der Waals surface area contributed by atoms with E-state index in [0.29, 0.717) is 12.6 Å². The van der Waals surface area contributed by atoms with Crippen LogP contribution in [0.25, 0.3) is 0 Å². The molecule has 0 atom stereocenters. The standard InChI is InChI=1S/C11H18N2O/c1-9(2)13(8-11(14)5-6-11)10(7-12)3-4-10/h9,14H,3-6,8H2,1-2H3. The first-order valence-corrected chi connectivity index (χ1v) is 5.42. The van der Waals surface area contributed by atoms with Crippen molar-refractivity contribution in [2.75, 3.05) is 6.54 Å². The van der Waals surface area contributed by atoms with Crippen LogP contribution in [0.4, 0.5) is 0 Å². The lowest BCUT2D eigenvalue weighted by molar-refractivity contribution is 0.0566. The molecule has 0 radical (unpaired) electrons. The zero-order valence-electron chi connectivity index (χ0n) is 8.95. The Morgan fingerprint density at radius 3 is 2.21 bits per heavy atom. The Balaban J connectivity index is 2.05. The van der Waals surface area contributed by atoms with E-state index in [2.05, 4.69) is 24.8 Å². The average Bonchev–Trinajstić information content (AvgIpc) is 2.99. The molecule has 0 heterocycles. The Kier molecular flexibility index (Phi) is 2.09. The van der Waals surface area contributed by atoms with Crippen LogP contribution in [-0.2, 0) is 0 Å². The number of hydrogen-bond donors (Lipinski definition) is 1. The second-order valence-electron chi connectivity index (χ2n) is 5.09. The third-order valence-corrected chi connectivity index (χ3v) is 3.40. The first-order valence-electron chi connectivity index (χ1n) is 5.42. The molecule has 0 aromatic rings. The molecule has 0 saturated heterocycles. The number of rotatable bonds is 4. The van der Waals surface area contributed by atoms with E-state index in [4.69, 9.17) is 5.26 Å². The van der Waals surface area contributed by atoms with Gasteiger partial charge in [-0.05, 0) is 39.5 Å². The molecule has 2 aliphatic rings. The lowest BCUT2D eigenvalue weighted by Crippen LogP contribution is -2.46. The zero-order valence-corrected chi connectivity index (χ0v) is 8.95. The van der Waals surface area contributed by atoms with Crippen LogP contribution in [0.15, 0.2) is 0 Å². The monoisotopic (exact) mass is 194 g/mol. The molecule has 0 unspecified atom stereocenters.